The first-order valence-corrected chi connectivity index (χ1v) is 9.79. The molecule has 1 fully saturated rings. The van der Waals surface area contributed by atoms with Gasteiger partial charge in [0.25, 0.3) is 5.91 Å². The van der Waals surface area contributed by atoms with Crippen LogP contribution in [0, 0.1) is 0 Å². The molecule has 3 rings (SSSR count). The van der Waals surface area contributed by atoms with Crippen LogP contribution in [0.3, 0.4) is 0 Å². The fraction of sp³-hybridized carbons (Fsp3) is 0.333. The van der Waals surface area contributed by atoms with Crippen LogP contribution in [0.25, 0.3) is 0 Å². The Morgan fingerprint density at radius 1 is 1.25 bits per heavy atom. The summed E-state index contributed by atoms with van der Waals surface area (Å²) in [5.41, 5.74) is 0.0930. The van der Waals surface area contributed by atoms with Crippen molar-refractivity contribution >= 4 is 29.3 Å². The molecule has 1 aromatic carbocycles. The SMILES string of the molecule is C=CC(=O)Nc1ccc(C(=O)N2CCC(Nc3ncc(C(F)(F)F)c(N(C)C)n3)C2)cc1. The Hall–Kier alpha value is -3.63. The number of nitrogens with zero attached hydrogens (tertiary/aromatic N) is 4. The van der Waals surface area contributed by atoms with Crippen LogP contribution >= 0.6 is 0 Å². The number of amides is 2. The van der Waals surface area contributed by atoms with Gasteiger partial charge in [-0.15, -0.1) is 0 Å². The molecule has 1 unspecified atom stereocenters. The van der Waals surface area contributed by atoms with Crippen molar-refractivity contribution in [2.45, 2.75) is 18.6 Å². The van der Waals surface area contributed by atoms with Gasteiger partial charge in [0, 0.05) is 50.7 Å². The van der Waals surface area contributed by atoms with Crippen molar-refractivity contribution in [1.82, 2.24) is 14.9 Å². The van der Waals surface area contributed by atoms with Crippen LogP contribution in [0.4, 0.5) is 30.6 Å². The zero-order valence-corrected chi connectivity index (χ0v) is 17.6. The van der Waals surface area contributed by atoms with Gasteiger partial charge >= 0.3 is 6.18 Å². The predicted molar refractivity (Wildman–Crippen MR) is 115 cm³/mol. The van der Waals surface area contributed by atoms with Crippen molar-refractivity contribution in [3.05, 3.63) is 54.2 Å². The van der Waals surface area contributed by atoms with Crippen molar-refractivity contribution < 1.29 is 22.8 Å². The first-order chi connectivity index (χ1) is 15.1. The van der Waals surface area contributed by atoms with Crippen LogP contribution in [0.2, 0.25) is 0 Å². The molecule has 0 bridgehead atoms. The lowest BCUT2D eigenvalue weighted by Crippen LogP contribution is -2.32. The summed E-state index contributed by atoms with van der Waals surface area (Å²) < 4.78 is 39.5. The maximum Gasteiger partial charge on any atom is 0.421 e. The van der Waals surface area contributed by atoms with Crippen molar-refractivity contribution in [1.29, 1.82) is 0 Å². The quantitative estimate of drug-likeness (QED) is 0.661. The molecule has 1 aromatic heterocycles. The number of anilines is 3. The average molecular weight is 448 g/mol. The van der Waals surface area contributed by atoms with Crippen molar-refractivity contribution in [2.75, 3.05) is 42.7 Å². The third-order valence-corrected chi connectivity index (χ3v) is 4.89. The van der Waals surface area contributed by atoms with Gasteiger partial charge in [-0.2, -0.15) is 18.2 Å². The van der Waals surface area contributed by atoms with E-state index < -0.39 is 11.7 Å². The van der Waals surface area contributed by atoms with E-state index in [9.17, 15) is 22.8 Å². The number of rotatable bonds is 6. The fourth-order valence-electron chi connectivity index (χ4n) is 3.30. The summed E-state index contributed by atoms with van der Waals surface area (Å²) in [7, 11) is 2.96. The van der Waals surface area contributed by atoms with Gasteiger partial charge < -0.3 is 20.4 Å². The molecule has 0 saturated carbocycles. The second-order valence-electron chi connectivity index (χ2n) is 7.47. The van der Waals surface area contributed by atoms with E-state index in [1.165, 1.54) is 19.0 Å². The molecule has 1 aliphatic rings. The lowest BCUT2D eigenvalue weighted by atomic mass is 10.2. The Bertz CT molecular complexity index is 1010. The van der Waals surface area contributed by atoms with Crippen LogP contribution in [-0.4, -0.2) is 59.9 Å². The molecule has 170 valence electrons. The molecule has 0 radical (unpaired) electrons. The Balaban J connectivity index is 1.64. The highest BCUT2D eigenvalue weighted by atomic mass is 19.4. The van der Waals surface area contributed by atoms with Crippen LogP contribution in [0.5, 0.6) is 0 Å². The van der Waals surface area contributed by atoms with E-state index in [1.54, 1.807) is 29.2 Å². The molecule has 2 N–H and O–H groups in total. The minimum Gasteiger partial charge on any atom is -0.362 e. The number of aromatic nitrogens is 2. The summed E-state index contributed by atoms with van der Waals surface area (Å²) in [5.74, 6) is -0.688. The standard InChI is InChI=1S/C21H23F3N6O2/c1-4-17(31)26-14-7-5-13(6-8-14)19(32)30-10-9-15(12-30)27-20-25-11-16(21(22,23)24)18(28-20)29(2)3/h4-8,11,15H,1,9-10,12H2,2-3H3,(H,26,31)(H,25,27,28). The van der Waals surface area contributed by atoms with Gasteiger partial charge in [-0.05, 0) is 36.8 Å². The van der Waals surface area contributed by atoms with Crippen LogP contribution in [-0.2, 0) is 11.0 Å². The van der Waals surface area contributed by atoms with Gasteiger partial charge in [0.2, 0.25) is 11.9 Å². The highest BCUT2D eigenvalue weighted by Gasteiger charge is 2.36. The molecule has 2 amide bonds. The number of nitrogens with one attached hydrogen (secondary N) is 2. The van der Waals surface area contributed by atoms with Gasteiger partial charge in [-0.3, -0.25) is 9.59 Å². The molecule has 0 aliphatic carbocycles. The van der Waals surface area contributed by atoms with Gasteiger partial charge in [-0.1, -0.05) is 6.58 Å². The van der Waals surface area contributed by atoms with Gasteiger partial charge in [0.05, 0.1) is 0 Å². The third kappa shape index (κ3) is 5.34. The lowest BCUT2D eigenvalue weighted by molar-refractivity contribution is -0.137. The minimum atomic E-state index is -4.56. The first-order valence-electron chi connectivity index (χ1n) is 9.79. The number of carbonyl (C=O) groups excluding carboxylic acids is 2. The Morgan fingerprint density at radius 2 is 1.94 bits per heavy atom. The highest BCUT2D eigenvalue weighted by Crippen LogP contribution is 2.35. The van der Waals surface area contributed by atoms with Gasteiger partial charge in [-0.25, -0.2) is 4.98 Å². The number of carbonyl (C=O) groups is 2. The van der Waals surface area contributed by atoms with Gasteiger partial charge in [0.15, 0.2) is 0 Å². The molecule has 0 spiro atoms. The number of hydrogen-bond donors (Lipinski definition) is 2. The monoisotopic (exact) mass is 448 g/mol. The molecule has 1 aliphatic heterocycles. The van der Waals surface area contributed by atoms with Crippen molar-refractivity contribution in [2.24, 2.45) is 0 Å². The summed E-state index contributed by atoms with van der Waals surface area (Å²) in [4.78, 5) is 34.8. The van der Waals surface area contributed by atoms with Crippen LogP contribution in [0.1, 0.15) is 22.3 Å². The minimum absolute atomic E-state index is 0.0725. The van der Waals surface area contributed by atoms with Crippen LogP contribution in [0.15, 0.2) is 43.1 Å². The molecular weight excluding hydrogens is 425 g/mol. The Labute approximate surface area is 183 Å². The molecule has 2 heterocycles. The van der Waals surface area contributed by atoms with Crippen molar-refractivity contribution in [3.8, 4) is 0 Å². The van der Waals surface area contributed by atoms with E-state index in [-0.39, 0.29) is 29.6 Å². The average Bonchev–Trinajstić information content (AvgIpc) is 3.21. The predicted octanol–water partition coefficient (Wildman–Crippen LogP) is 3.01. The fourth-order valence-corrected chi connectivity index (χ4v) is 3.30. The van der Waals surface area contributed by atoms with Crippen LogP contribution < -0.4 is 15.5 Å². The summed E-state index contributed by atoms with van der Waals surface area (Å²) in [6, 6.07) is 6.28. The number of likely N-dealkylation sites (tertiary alicyclic amines) is 1. The normalized spacial score (nSPS) is 15.9. The number of benzene rings is 1. The number of alkyl halides is 3. The lowest BCUT2D eigenvalue weighted by Gasteiger charge is -2.20. The maximum absolute atomic E-state index is 13.2. The second kappa shape index (κ2) is 9.25. The maximum atomic E-state index is 13.2. The highest BCUT2D eigenvalue weighted by molar-refractivity contribution is 5.99. The Kier molecular flexibility index (Phi) is 6.66. The molecule has 1 saturated heterocycles. The van der Waals surface area contributed by atoms with E-state index in [0.29, 0.717) is 30.8 Å². The first kappa shape index (κ1) is 23.0. The van der Waals surface area contributed by atoms with E-state index >= 15 is 0 Å². The smallest absolute Gasteiger partial charge is 0.362 e. The molecule has 8 nitrogen and oxygen atoms in total. The zero-order chi connectivity index (χ0) is 23.5. The number of hydrogen-bond acceptors (Lipinski definition) is 6. The second-order valence-corrected chi connectivity index (χ2v) is 7.47. The van der Waals surface area contributed by atoms with E-state index in [0.717, 1.165) is 12.3 Å². The molecule has 2 aromatic rings. The molecule has 1 atom stereocenters. The summed E-state index contributed by atoms with van der Waals surface area (Å²) in [6.45, 7) is 4.22. The number of halogens is 3. The largest absolute Gasteiger partial charge is 0.421 e. The van der Waals surface area contributed by atoms with Gasteiger partial charge in [0.1, 0.15) is 11.4 Å². The molecule has 11 heteroatoms. The molecule has 32 heavy (non-hydrogen) atoms. The summed E-state index contributed by atoms with van der Waals surface area (Å²) in [6.07, 6.45) is -2.05. The summed E-state index contributed by atoms with van der Waals surface area (Å²) in [5, 5.41) is 5.63. The summed E-state index contributed by atoms with van der Waals surface area (Å²) >= 11 is 0. The Morgan fingerprint density at radius 3 is 2.53 bits per heavy atom. The third-order valence-electron chi connectivity index (χ3n) is 4.89. The van der Waals surface area contributed by atoms with Crippen molar-refractivity contribution in [3.63, 3.8) is 0 Å². The zero-order valence-electron chi connectivity index (χ0n) is 17.6. The topological polar surface area (TPSA) is 90.5 Å². The van der Waals surface area contributed by atoms with E-state index in [2.05, 4.69) is 27.2 Å². The van der Waals surface area contributed by atoms with E-state index in [1.807, 2.05) is 0 Å². The van der Waals surface area contributed by atoms with E-state index in [4.69, 9.17) is 0 Å². The molecular formula is C21H23F3N6O2.